The molecule has 0 bridgehead atoms. The van der Waals surface area contributed by atoms with Gasteiger partial charge in [-0.15, -0.1) is 0 Å². The maximum absolute atomic E-state index is 2.65. The van der Waals surface area contributed by atoms with Crippen LogP contribution in [-0.4, -0.2) is 24.5 Å². The second kappa shape index (κ2) is 8.14. The molecule has 3 rings (SSSR count). The molecule has 1 heteroatoms. The molecule has 0 atom stereocenters. The van der Waals surface area contributed by atoms with Gasteiger partial charge >= 0.3 is 0 Å². The van der Waals surface area contributed by atoms with E-state index in [1.165, 1.54) is 62.9 Å². The summed E-state index contributed by atoms with van der Waals surface area (Å²) in [6.07, 6.45) is 6.73. The van der Waals surface area contributed by atoms with E-state index >= 15 is 0 Å². The quantitative estimate of drug-likeness (QED) is 0.717. The van der Waals surface area contributed by atoms with Gasteiger partial charge in [-0.05, 0) is 56.4 Å². The summed E-state index contributed by atoms with van der Waals surface area (Å²) < 4.78 is 0. The highest BCUT2D eigenvalue weighted by Gasteiger charge is 2.15. The number of likely N-dealkylation sites (tertiary alicyclic amines) is 1. The summed E-state index contributed by atoms with van der Waals surface area (Å²) >= 11 is 0. The predicted molar refractivity (Wildman–Crippen MR) is 94.3 cm³/mol. The van der Waals surface area contributed by atoms with E-state index in [2.05, 4.69) is 65.6 Å². The van der Waals surface area contributed by atoms with Crippen LogP contribution in [0.15, 0.2) is 60.7 Å². The van der Waals surface area contributed by atoms with Crippen LogP contribution in [0.2, 0.25) is 0 Å². The van der Waals surface area contributed by atoms with Crippen molar-refractivity contribution >= 4 is 0 Å². The zero-order valence-corrected chi connectivity index (χ0v) is 13.5. The molecule has 0 amide bonds. The van der Waals surface area contributed by atoms with Crippen molar-refractivity contribution in [1.82, 2.24) is 4.90 Å². The number of hydrogen-bond donors (Lipinski definition) is 0. The first-order valence-electron chi connectivity index (χ1n) is 8.76. The van der Waals surface area contributed by atoms with E-state index in [-0.39, 0.29) is 0 Å². The van der Waals surface area contributed by atoms with Crippen molar-refractivity contribution in [2.24, 2.45) is 0 Å². The maximum atomic E-state index is 2.65. The van der Waals surface area contributed by atoms with Gasteiger partial charge in [-0.2, -0.15) is 0 Å². The lowest BCUT2D eigenvalue weighted by atomic mass is 9.87. The standard InChI is InChI=1S/C21H27N/c1-4-11-19(12-5-1)21(20-13-6-2-7-14-20)15-10-18-22-16-8-3-9-17-22/h1-2,4-7,11-14,21H,3,8-10,15-18H2. The van der Waals surface area contributed by atoms with E-state index in [9.17, 15) is 0 Å². The van der Waals surface area contributed by atoms with E-state index in [0.29, 0.717) is 5.92 Å². The number of nitrogens with zero attached hydrogens (tertiary/aromatic N) is 1. The Morgan fingerprint density at radius 1 is 0.727 bits per heavy atom. The van der Waals surface area contributed by atoms with Crippen molar-refractivity contribution < 1.29 is 0 Å². The van der Waals surface area contributed by atoms with E-state index in [0.717, 1.165) is 0 Å². The fourth-order valence-electron chi connectivity index (χ4n) is 3.60. The van der Waals surface area contributed by atoms with Crippen molar-refractivity contribution in [1.29, 1.82) is 0 Å². The molecule has 1 nitrogen and oxygen atoms in total. The monoisotopic (exact) mass is 293 g/mol. The lowest BCUT2D eigenvalue weighted by molar-refractivity contribution is 0.224. The van der Waals surface area contributed by atoms with Crippen LogP contribution in [0.5, 0.6) is 0 Å². The maximum Gasteiger partial charge on any atom is 0.00898 e. The molecule has 1 fully saturated rings. The molecule has 0 N–H and O–H groups in total. The summed E-state index contributed by atoms with van der Waals surface area (Å²) in [6.45, 7) is 3.87. The van der Waals surface area contributed by atoms with Gasteiger partial charge in [0.25, 0.3) is 0 Å². The molecular weight excluding hydrogens is 266 g/mol. The number of hydrogen-bond acceptors (Lipinski definition) is 1. The molecule has 1 aliphatic rings. The molecule has 1 saturated heterocycles. The SMILES string of the molecule is c1ccc(C(CCCN2CCCCC2)c2ccccc2)cc1. The highest BCUT2D eigenvalue weighted by molar-refractivity contribution is 5.32. The summed E-state index contributed by atoms with van der Waals surface area (Å²) in [7, 11) is 0. The summed E-state index contributed by atoms with van der Waals surface area (Å²) in [4.78, 5) is 2.65. The first-order valence-corrected chi connectivity index (χ1v) is 8.76. The molecule has 0 spiro atoms. The van der Waals surface area contributed by atoms with E-state index in [1.807, 2.05) is 0 Å². The second-order valence-electron chi connectivity index (χ2n) is 6.42. The molecule has 1 aliphatic heterocycles. The first-order chi connectivity index (χ1) is 10.9. The largest absolute Gasteiger partial charge is 0.303 e. The van der Waals surface area contributed by atoms with Gasteiger partial charge < -0.3 is 4.90 Å². The normalized spacial score (nSPS) is 16.0. The molecule has 116 valence electrons. The second-order valence-corrected chi connectivity index (χ2v) is 6.42. The molecule has 0 radical (unpaired) electrons. The Kier molecular flexibility index (Phi) is 5.66. The fraction of sp³-hybridized carbons (Fsp3) is 0.429. The van der Waals surface area contributed by atoms with Crippen LogP contribution in [0.3, 0.4) is 0 Å². The zero-order valence-electron chi connectivity index (χ0n) is 13.5. The van der Waals surface area contributed by atoms with Crippen LogP contribution in [-0.2, 0) is 0 Å². The Hall–Kier alpha value is -1.60. The van der Waals surface area contributed by atoms with Crippen LogP contribution in [0, 0.1) is 0 Å². The van der Waals surface area contributed by atoms with Gasteiger partial charge in [-0.3, -0.25) is 0 Å². The topological polar surface area (TPSA) is 3.24 Å². The van der Waals surface area contributed by atoms with Crippen molar-refractivity contribution in [3.8, 4) is 0 Å². The van der Waals surface area contributed by atoms with Crippen LogP contribution in [0.4, 0.5) is 0 Å². The first kappa shape index (κ1) is 15.3. The van der Waals surface area contributed by atoms with Gasteiger partial charge in [-0.25, -0.2) is 0 Å². The molecule has 0 aliphatic carbocycles. The highest BCUT2D eigenvalue weighted by atomic mass is 15.1. The van der Waals surface area contributed by atoms with Crippen molar-refractivity contribution in [2.75, 3.05) is 19.6 Å². The molecular formula is C21H27N. The summed E-state index contributed by atoms with van der Waals surface area (Å²) in [6, 6.07) is 22.0. The Morgan fingerprint density at radius 3 is 1.82 bits per heavy atom. The van der Waals surface area contributed by atoms with Crippen LogP contribution in [0.1, 0.15) is 49.1 Å². The van der Waals surface area contributed by atoms with Crippen LogP contribution in [0.25, 0.3) is 0 Å². The average Bonchev–Trinajstić information content (AvgIpc) is 2.61. The summed E-state index contributed by atoms with van der Waals surface area (Å²) in [5, 5.41) is 0. The van der Waals surface area contributed by atoms with E-state index in [1.54, 1.807) is 0 Å². The summed E-state index contributed by atoms with van der Waals surface area (Å²) in [5.74, 6) is 0.534. The van der Waals surface area contributed by atoms with Gasteiger partial charge in [0.15, 0.2) is 0 Å². The molecule has 0 saturated carbocycles. The van der Waals surface area contributed by atoms with Gasteiger partial charge in [0.05, 0.1) is 0 Å². The predicted octanol–water partition coefficient (Wildman–Crippen LogP) is 5.08. The number of rotatable bonds is 6. The highest BCUT2D eigenvalue weighted by Crippen LogP contribution is 2.29. The Labute approximate surface area is 135 Å². The molecule has 2 aromatic carbocycles. The van der Waals surface area contributed by atoms with Crippen LogP contribution < -0.4 is 0 Å². The molecule has 2 aromatic rings. The van der Waals surface area contributed by atoms with E-state index < -0.39 is 0 Å². The Balaban J connectivity index is 1.64. The van der Waals surface area contributed by atoms with Crippen molar-refractivity contribution in [3.63, 3.8) is 0 Å². The van der Waals surface area contributed by atoms with Gasteiger partial charge in [0, 0.05) is 5.92 Å². The summed E-state index contributed by atoms with van der Waals surface area (Å²) in [5.41, 5.74) is 2.90. The third kappa shape index (κ3) is 4.20. The van der Waals surface area contributed by atoms with Gasteiger partial charge in [-0.1, -0.05) is 67.1 Å². The molecule has 22 heavy (non-hydrogen) atoms. The lowest BCUT2D eigenvalue weighted by Gasteiger charge is -2.27. The fourth-order valence-corrected chi connectivity index (χ4v) is 3.60. The minimum atomic E-state index is 0.534. The van der Waals surface area contributed by atoms with Crippen molar-refractivity contribution in [2.45, 2.75) is 38.0 Å². The number of benzene rings is 2. The minimum Gasteiger partial charge on any atom is -0.303 e. The van der Waals surface area contributed by atoms with Crippen LogP contribution >= 0.6 is 0 Å². The molecule has 0 aromatic heterocycles. The van der Waals surface area contributed by atoms with Gasteiger partial charge in [0.2, 0.25) is 0 Å². The van der Waals surface area contributed by atoms with Gasteiger partial charge in [0.1, 0.15) is 0 Å². The smallest absolute Gasteiger partial charge is 0.00898 e. The lowest BCUT2D eigenvalue weighted by Crippen LogP contribution is -2.30. The van der Waals surface area contributed by atoms with Crippen molar-refractivity contribution in [3.05, 3.63) is 71.8 Å². The number of piperidine rings is 1. The third-order valence-electron chi connectivity index (χ3n) is 4.82. The Bertz CT molecular complexity index is 489. The molecule has 1 heterocycles. The average molecular weight is 293 g/mol. The zero-order chi connectivity index (χ0) is 15.0. The third-order valence-corrected chi connectivity index (χ3v) is 4.82. The Morgan fingerprint density at radius 2 is 1.27 bits per heavy atom. The van der Waals surface area contributed by atoms with E-state index in [4.69, 9.17) is 0 Å². The minimum absolute atomic E-state index is 0.534. The molecule has 0 unspecified atom stereocenters.